The molecule has 0 spiro atoms. The molecule has 0 saturated carbocycles. The first-order valence-corrected chi connectivity index (χ1v) is 35.7. The van der Waals surface area contributed by atoms with E-state index in [2.05, 4.69) is 330 Å². The van der Waals surface area contributed by atoms with Gasteiger partial charge in [-0.1, -0.05) is 158 Å². The molecule has 12 heteroatoms. The fourth-order valence-corrected chi connectivity index (χ4v) is 9.92. The summed E-state index contributed by atoms with van der Waals surface area (Å²) in [7, 11) is 0. The predicted octanol–water partition coefficient (Wildman–Crippen LogP) is 4.44. The molecule has 6 rings (SSSR count). The lowest BCUT2D eigenvalue weighted by atomic mass is 9.98. The van der Waals surface area contributed by atoms with Crippen molar-refractivity contribution in [2.24, 2.45) is 0 Å². The maximum Gasteiger partial charge on any atom is 0.171 e. The largest absolute Gasteiger partial charge is 1.00 e. The molecular weight excluding hydrogens is 1660 g/mol. The fraction of sp³-hybridized carbons (Fsp3) is 0.400. The molecule has 92 heavy (non-hydrogen) atoms. The van der Waals surface area contributed by atoms with E-state index < -0.39 is 0 Å². The van der Waals surface area contributed by atoms with E-state index in [-0.39, 0.29) is 67.9 Å². The molecule has 0 N–H and O–H groups in total. The lowest BCUT2D eigenvalue weighted by molar-refractivity contribution is -0.697. The highest BCUT2D eigenvalue weighted by Gasteiger charge is 2.10. The van der Waals surface area contributed by atoms with E-state index in [1.807, 2.05) is 0 Å². The molecule has 0 fully saturated rings. The van der Waals surface area contributed by atoms with Gasteiger partial charge >= 0.3 is 0 Å². The number of halogens is 8. The van der Waals surface area contributed by atoms with E-state index in [0.717, 1.165) is 195 Å². The molecule has 0 atom stereocenters. The molecule has 0 amide bonds. The summed E-state index contributed by atoms with van der Waals surface area (Å²) in [5.41, 5.74) is 18.0. The Morgan fingerprint density at radius 3 is 0.565 bits per heavy atom. The number of aromatic nitrogens is 4. The van der Waals surface area contributed by atoms with Gasteiger partial charge in [-0.25, -0.2) is 18.3 Å². The zero-order valence-electron chi connectivity index (χ0n) is 55.0. The molecular formula is C80H88Br8N4. The van der Waals surface area contributed by atoms with E-state index in [4.69, 9.17) is 0 Å². The van der Waals surface area contributed by atoms with Crippen molar-refractivity contribution < 1.29 is 86.2 Å². The minimum atomic E-state index is 0. The van der Waals surface area contributed by atoms with Crippen LogP contribution >= 0.6 is 63.7 Å². The van der Waals surface area contributed by atoms with Crippen molar-refractivity contribution in [3.05, 3.63) is 187 Å². The van der Waals surface area contributed by atoms with Crippen LogP contribution in [0.2, 0.25) is 0 Å². The molecule has 0 aliphatic heterocycles. The molecule has 0 aliphatic rings. The van der Waals surface area contributed by atoms with Crippen LogP contribution in [0.4, 0.5) is 0 Å². The molecule has 0 aliphatic carbocycles. The Morgan fingerprint density at radius 1 is 0.250 bits per heavy atom. The summed E-state index contributed by atoms with van der Waals surface area (Å²) < 4.78 is 9.04. The van der Waals surface area contributed by atoms with Crippen molar-refractivity contribution in [3.8, 4) is 94.7 Å². The van der Waals surface area contributed by atoms with E-state index in [0.29, 0.717) is 0 Å². The third-order valence-corrected chi connectivity index (χ3v) is 16.9. The van der Waals surface area contributed by atoms with Gasteiger partial charge in [0.2, 0.25) is 0 Å². The van der Waals surface area contributed by atoms with Crippen molar-refractivity contribution in [1.82, 2.24) is 0 Å². The molecule has 0 unspecified atom stereocenters. The summed E-state index contributed by atoms with van der Waals surface area (Å²) in [6.07, 6.45) is 32.3. The monoisotopic (exact) mass is 1740 g/mol. The van der Waals surface area contributed by atoms with Gasteiger partial charge in [0, 0.05) is 189 Å². The maximum atomic E-state index is 3.51. The first-order chi connectivity index (χ1) is 42.8. The van der Waals surface area contributed by atoms with Crippen molar-refractivity contribution in [2.75, 3.05) is 21.3 Å². The number of alkyl halides is 4. The Bertz CT molecular complexity index is 3340. The van der Waals surface area contributed by atoms with E-state index >= 15 is 0 Å². The van der Waals surface area contributed by atoms with Crippen LogP contribution in [0.3, 0.4) is 0 Å². The predicted molar refractivity (Wildman–Crippen MR) is 381 cm³/mol. The Kier molecular flexibility index (Phi) is 47.1. The van der Waals surface area contributed by atoms with E-state index in [1.54, 1.807) is 0 Å². The average molecular weight is 1740 g/mol. The van der Waals surface area contributed by atoms with Gasteiger partial charge in [0.25, 0.3) is 0 Å². The molecule has 6 aromatic rings. The highest BCUT2D eigenvalue weighted by molar-refractivity contribution is 9.09. The molecule has 0 bridgehead atoms. The quantitative estimate of drug-likeness (QED) is 0.0466. The smallest absolute Gasteiger partial charge is 0.171 e. The molecule has 4 aromatic heterocycles. The Morgan fingerprint density at radius 2 is 0.413 bits per heavy atom. The third-order valence-electron chi connectivity index (χ3n) is 14.7. The molecule has 0 radical (unpaired) electrons. The normalized spacial score (nSPS) is 9.52. The fourth-order valence-electron chi connectivity index (χ4n) is 8.80. The first-order valence-electron chi connectivity index (χ1n) is 31.2. The number of hydrogen-bond acceptors (Lipinski definition) is 0. The van der Waals surface area contributed by atoms with Crippen LogP contribution in [0.15, 0.2) is 98.1 Å². The Labute approximate surface area is 630 Å². The molecule has 4 heterocycles. The summed E-state index contributed by atoms with van der Waals surface area (Å²) in [6, 6.07) is 17.2. The average Bonchev–Trinajstić information content (AvgIpc) is 0.988. The zero-order valence-corrected chi connectivity index (χ0v) is 67.7. The van der Waals surface area contributed by atoms with Crippen LogP contribution in [-0.4, -0.2) is 21.3 Å². The first kappa shape index (κ1) is 85.4. The van der Waals surface area contributed by atoms with Crippen molar-refractivity contribution in [1.29, 1.82) is 0 Å². The second kappa shape index (κ2) is 50.7. The third kappa shape index (κ3) is 33.2. The summed E-state index contributed by atoms with van der Waals surface area (Å²) in [5.74, 6) is 54.4. The topological polar surface area (TPSA) is 15.5 Å². The number of aryl methyl sites for hydroxylation is 12. The summed E-state index contributed by atoms with van der Waals surface area (Å²) >= 11 is 13.9. The summed E-state index contributed by atoms with van der Waals surface area (Å²) in [6.45, 7) is 21.0. The van der Waals surface area contributed by atoms with Gasteiger partial charge in [-0.2, -0.15) is 0 Å². The molecule has 484 valence electrons. The highest BCUT2D eigenvalue weighted by atomic mass is 79.9. The number of hydrogen-bond donors (Lipinski definition) is 0. The van der Waals surface area contributed by atoms with Crippen molar-refractivity contribution >= 4 is 63.7 Å². The van der Waals surface area contributed by atoms with Crippen LogP contribution in [0.25, 0.3) is 0 Å². The molecule has 4 nitrogen and oxygen atoms in total. The van der Waals surface area contributed by atoms with Crippen LogP contribution in [0.5, 0.6) is 0 Å². The van der Waals surface area contributed by atoms with Crippen molar-refractivity contribution in [3.63, 3.8) is 0 Å². The summed E-state index contributed by atoms with van der Waals surface area (Å²) in [4.78, 5) is 0. The molecule has 2 aromatic carbocycles. The second-order valence-electron chi connectivity index (χ2n) is 22.1. The Balaban J connectivity index is 0.00000106. The van der Waals surface area contributed by atoms with Gasteiger partial charge < -0.3 is 67.9 Å². The van der Waals surface area contributed by atoms with Crippen LogP contribution in [-0.2, 0) is 26.2 Å². The zero-order chi connectivity index (χ0) is 63.1. The summed E-state index contributed by atoms with van der Waals surface area (Å²) in [5, 5.41) is 3.87. The van der Waals surface area contributed by atoms with Crippen LogP contribution < -0.4 is 86.2 Å². The van der Waals surface area contributed by atoms with Gasteiger partial charge in [-0.15, -0.1) is 0 Å². The van der Waals surface area contributed by atoms with E-state index in [1.165, 1.54) is 44.5 Å². The standard InChI is InChI=1S/C54H62N4.C26H26Br4.4BrH/c1-43-25-33-55(39-47(43)5)29-17-9-13-21-51-37-53(23-15-11-19-31-57-35-27-45(3)49(7)41-57)54(24-16-12-20-32-58-36-28-46(4)50(8)42-58)38-52(51)22-14-10-18-30-56-34-26-44(2)48(6)40-56;27-17-9-1-5-13-23-21-25(15-7-3-11-19-29)26(16-8-4-12-20-30)22-24(23)14-6-2-10-18-28;;;;/h25-28,33-42H,9-12,17-20,29-32H2,1-8H3;21-22H,1-4,9-12,17-20H2;4*1H/q+4;;;;;/p-4. The van der Waals surface area contributed by atoms with Crippen LogP contribution in [0, 0.1) is 150 Å². The van der Waals surface area contributed by atoms with Crippen molar-refractivity contribution in [2.45, 2.75) is 184 Å². The number of benzene rings is 2. The minimum absolute atomic E-state index is 0. The lowest BCUT2D eigenvalue weighted by Gasteiger charge is -2.04. The number of pyridine rings is 4. The number of nitrogens with zero attached hydrogens (tertiary/aromatic N) is 4. The molecule has 0 saturated heterocycles. The number of rotatable bonds is 20. The minimum Gasteiger partial charge on any atom is -1.00 e. The SMILES string of the molecule is BrCCCC#Cc1cc(C#CCCCBr)c(C#CCCCBr)cc1C#CCCCBr.Cc1cc[n+](CCCC#Cc2cc(C#CCCC[n+]3ccc(C)c(C)c3)c(C#CCCC[n+]3ccc(C)c(C)c3)cc2C#CCCC[n+]2ccc(C)c(C)c2)cc1C.[Br-].[Br-].[Br-].[Br-]. The van der Waals surface area contributed by atoms with Gasteiger partial charge in [0.05, 0.1) is 0 Å². The van der Waals surface area contributed by atoms with Gasteiger partial charge in [0.15, 0.2) is 49.6 Å². The Hall–Kier alpha value is -4.64. The van der Waals surface area contributed by atoms with Crippen LogP contribution in [0.1, 0.15) is 192 Å². The lowest BCUT2D eigenvalue weighted by Crippen LogP contribution is -3.00. The maximum absolute atomic E-state index is 3.51. The van der Waals surface area contributed by atoms with Gasteiger partial charge in [0.1, 0.15) is 26.2 Å². The highest BCUT2D eigenvalue weighted by Crippen LogP contribution is 2.19. The van der Waals surface area contributed by atoms with Gasteiger partial charge in [-0.05, 0) is 128 Å². The van der Waals surface area contributed by atoms with E-state index in [9.17, 15) is 0 Å². The van der Waals surface area contributed by atoms with Gasteiger partial charge in [-0.3, -0.25) is 0 Å². The second-order valence-corrected chi connectivity index (χ2v) is 25.3. The number of unbranched alkanes of at least 4 members (excludes halogenated alkanes) is 8.